The van der Waals surface area contributed by atoms with Crippen molar-refractivity contribution in [3.05, 3.63) is 84.1 Å². The number of pyridine rings is 1. The molecule has 0 bridgehead atoms. The van der Waals surface area contributed by atoms with E-state index in [1.165, 1.54) is 6.42 Å². The van der Waals surface area contributed by atoms with E-state index in [9.17, 15) is 14.4 Å². The Bertz CT molecular complexity index is 1290. The van der Waals surface area contributed by atoms with Crippen molar-refractivity contribution in [3.63, 3.8) is 0 Å². The molecule has 3 amide bonds. The van der Waals surface area contributed by atoms with E-state index in [2.05, 4.69) is 15.6 Å². The first kappa shape index (κ1) is 29.8. The molecule has 2 N–H and O–H groups in total. The van der Waals surface area contributed by atoms with Gasteiger partial charge in [-0.1, -0.05) is 55.7 Å². The van der Waals surface area contributed by atoms with Crippen LogP contribution in [-0.2, 0) is 14.4 Å². The van der Waals surface area contributed by atoms with Crippen LogP contribution in [0.4, 0.5) is 11.5 Å². The van der Waals surface area contributed by atoms with Crippen LogP contribution in [-0.4, -0.2) is 35.4 Å². The molecule has 1 fully saturated rings. The fourth-order valence-corrected chi connectivity index (χ4v) is 5.27. The third-order valence-corrected chi connectivity index (χ3v) is 7.34. The second-order valence-electron chi connectivity index (χ2n) is 10.4. The summed E-state index contributed by atoms with van der Waals surface area (Å²) in [6, 6.07) is 19.5. The zero-order chi connectivity index (χ0) is 29.0. The second kappa shape index (κ2) is 15.0. The lowest BCUT2D eigenvalue weighted by Crippen LogP contribution is -2.47. The standard InChI is InChI=1S/C33H40N4O4/c1-3-41-27-21-19-25(20-22-27)32(33(40)35-26-13-5-4-6-14-26)37(28-15-8-7-12-24(28)2)31(39)18-11-17-30(38)36-29-16-9-10-23-34-29/h7-10,12,15-16,19-23,26,32H,3-6,11,13-14,17-18H2,1-2H3,(H,35,40)(H,34,36,38). The Kier molecular flexibility index (Phi) is 10.9. The van der Waals surface area contributed by atoms with Crippen molar-refractivity contribution in [1.29, 1.82) is 0 Å². The molecule has 1 aromatic heterocycles. The molecule has 2 aromatic carbocycles. The van der Waals surface area contributed by atoms with Gasteiger partial charge in [-0.2, -0.15) is 0 Å². The number of rotatable bonds is 12. The van der Waals surface area contributed by atoms with Gasteiger partial charge in [-0.3, -0.25) is 19.3 Å². The average Bonchev–Trinajstić information content (AvgIpc) is 2.98. The summed E-state index contributed by atoms with van der Waals surface area (Å²) >= 11 is 0. The molecule has 216 valence electrons. The van der Waals surface area contributed by atoms with Crippen molar-refractivity contribution in [1.82, 2.24) is 10.3 Å². The first-order valence-corrected chi connectivity index (χ1v) is 14.6. The highest BCUT2D eigenvalue weighted by molar-refractivity contribution is 6.02. The molecule has 41 heavy (non-hydrogen) atoms. The number of hydrogen-bond acceptors (Lipinski definition) is 5. The van der Waals surface area contributed by atoms with E-state index in [0.29, 0.717) is 35.8 Å². The molecule has 4 rings (SSSR count). The molecule has 1 aliphatic rings. The Labute approximate surface area is 242 Å². The van der Waals surface area contributed by atoms with E-state index >= 15 is 0 Å². The molecule has 0 spiro atoms. The largest absolute Gasteiger partial charge is 0.494 e. The minimum Gasteiger partial charge on any atom is -0.494 e. The van der Waals surface area contributed by atoms with Gasteiger partial charge < -0.3 is 15.4 Å². The van der Waals surface area contributed by atoms with Gasteiger partial charge in [-0.15, -0.1) is 0 Å². The van der Waals surface area contributed by atoms with Crippen LogP contribution in [0.15, 0.2) is 72.9 Å². The molecule has 1 aliphatic carbocycles. The number of hydrogen-bond donors (Lipinski definition) is 2. The van der Waals surface area contributed by atoms with Crippen LogP contribution in [0.2, 0.25) is 0 Å². The van der Waals surface area contributed by atoms with Crippen LogP contribution in [0.3, 0.4) is 0 Å². The van der Waals surface area contributed by atoms with Crippen LogP contribution in [0.25, 0.3) is 0 Å². The van der Waals surface area contributed by atoms with E-state index in [1.807, 2.05) is 62.4 Å². The third kappa shape index (κ3) is 8.39. The van der Waals surface area contributed by atoms with Crippen molar-refractivity contribution in [2.45, 2.75) is 77.3 Å². The lowest BCUT2D eigenvalue weighted by molar-refractivity contribution is -0.127. The Morgan fingerprint density at radius 3 is 2.37 bits per heavy atom. The fourth-order valence-electron chi connectivity index (χ4n) is 5.27. The first-order valence-electron chi connectivity index (χ1n) is 14.6. The molecule has 3 aromatic rings. The lowest BCUT2D eigenvalue weighted by Gasteiger charge is -2.34. The molecule has 8 heteroatoms. The lowest BCUT2D eigenvalue weighted by atomic mass is 9.94. The number of carbonyl (C=O) groups excluding carboxylic acids is 3. The third-order valence-electron chi connectivity index (χ3n) is 7.34. The average molecular weight is 557 g/mol. The Morgan fingerprint density at radius 1 is 0.951 bits per heavy atom. The number of benzene rings is 2. The zero-order valence-electron chi connectivity index (χ0n) is 24.0. The summed E-state index contributed by atoms with van der Waals surface area (Å²) in [4.78, 5) is 46.3. The van der Waals surface area contributed by atoms with Gasteiger partial charge in [0.2, 0.25) is 17.7 Å². The molecule has 0 aliphatic heterocycles. The van der Waals surface area contributed by atoms with Crippen LogP contribution in [0, 0.1) is 6.92 Å². The van der Waals surface area contributed by atoms with Crippen LogP contribution in [0.1, 0.15) is 75.5 Å². The topological polar surface area (TPSA) is 101 Å². The number of amides is 3. The normalized spacial score (nSPS) is 14.1. The van der Waals surface area contributed by atoms with Gasteiger partial charge in [-0.05, 0) is 74.6 Å². The minimum atomic E-state index is -0.872. The molecular weight excluding hydrogens is 516 g/mol. The molecule has 1 heterocycles. The summed E-state index contributed by atoms with van der Waals surface area (Å²) in [7, 11) is 0. The van der Waals surface area contributed by atoms with E-state index in [4.69, 9.17) is 4.74 Å². The molecule has 1 saturated carbocycles. The van der Waals surface area contributed by atoms with Crippen molar-refractivity contribution in [2.24, 2.45) is 0 Å². The zero-order valence-corrected chi connectivity index (χ0v) is 24.0. The summed E-state index contributed by atoms with van der Waals surface area (Å²) in [5.74, 6) is 0.543. The van der Waals surface area contributed by atoms with Crippen LogP contribution < -0.4 is 20.3 Å². The number of carbonyl (C=O) groups is 3. The first-order chi connectivity index (χ1) is 20.0. The summed E-state index contributed by atoms with van der Waals surface area (Å²) in [5.41, 5.74) is 2.26. The summed E-state index contributed by atoms with van der Waals surface area (Å²) in [5, 5.41) is 6.01. The van der Waals surface area contributed by atoms with Crippen molar-refractivity contribution in [3.8, 4) is 5.75 Å². The number of para-hydroxylation sites is 1. The Hall–Kier alpha value is -4.20. The predicted molar refractivity (Wildman–Crippen MR) is 161 cm³/mol. The quantitative estimate of drug-likeness (QED) is 0.280. The van der Waals surface area contributed by atoms with Gasteiger partial charge in [-0.25, -0.2) is 4.98 Å². The van der Waals surface area contributed by atoms with Gasteiger partial charge in [0.15, 0.2) is 0 Å². The molecule has 8 nitrogen and oxygen atoms in total. The predicted octanol–water partition coefficient (Wildman–Crippen LogP) is 6.12. The highest BCUT2D eigenvalue weighted by Crippen LogP contribution is 2.33. The number of ether oxygens (including phenoxy) is 1. The molecule has 1 unspecified atom stereocenters. The number of nitrogens with zero attached hydrogens (tertiary/aromatic N) is 2. The maximum absolute atomic E-state index is 14.0. The number of aryl methyl sites for hydroxylation is 1. The Morgan fingerprint density at radius 2 is 1.68 bits per heavy atom. The minimum absolute atomic E-state index is 0.0885. The monoisotopic (exact) mass is 556 g/mol. The van der Waals surface area contributed by atoms with E-state index in [-0.39, 0.29) is 36.6 Å². The van der Waals surface area contributed by atoms with Gasteiger partial charge >= 0.3 is 0 Å². The van der Waals surface area contributed by atoms with E-state index in [1.54, 1.807) is 29.3 Å². The van der Waals surface area contributed by atoms with Crippen LogP contribution >= 0.6 is 0 Å². The number of nitrogens with one attached hydrogen (secondary N) is 2. The molecule has 0 radical (unpaired) electrons. The van der Waals surface area contributed by atoms with Crippen molar-refractivity contribution >= 4 is 29.2 Å². The summed E-state index contributed by atoms with van der Waals surface area (Å²) in [6.45, 7) is 4.39. The SMILES string of the molecule is CCOc1ccc(C(C(=O)NC2CCCCC2)N(C(=O)CCCC(=O)Nc2ccccn2)c2ccccc2C)cc1. The molecule has 0 saturated heterocycles. The van der Waals surface area contributed by atoms with Gasteiger partial charge in [0, 0.05) is 30.8 Å². The van der Waals surface area contributed by atoms with Crippen molar-refractivity contribution in [2.75, 3.05) is 16.8 Å². The summed E-state index contributed by atoms with van der Waals surface area (Å²) in [6.07, 6.45) is 7.42. The highest BCUT2D eigenvalue weighted by atomic mass is 16.5. The molecule has 1 atom stereocenters. The van der Waals surface area contributed by atoms with Crippen LogP contribution in [0.5, 0.6) is 5.75 Å². The number of anilines is 2. The summed E-state index contributed by atoms with van der Waals surface area (Å²) < 4.78 is 5.63. The van der Waals surface area contributed by atoms with Gasteiger partial charge in [0.1, 0.15) is 17.6 Å². The highest BCUT2D eigenvalue weighted by Gasteiger charge is 2.34. The Balaban J connectivity index is 1.59. The van der Waals surface area contributed by atoms with Gasteiger partial charge in [0.25, 0.3) is 0 Å². The van der Waals surface area contributed by atoms with Crippen molar-refractivity contribution < 1.29 is 19.1 Å². The number of aromatic nitrogens is 1. The van der Waals surface area contributed by atoms with E-state index < -0.39 is 6.04 Å². The maximum atomic E-state index is 14.0. The smallest absolute Gasteiger partial charge is 0.248 e. The molecular formula is C33H40N4O4. The fraction of sp³-hybridized carbons (Fsp3) is 0.394. The van der Waals surface area contributed by atoms with Gasteiger partial charge in [0.05, 0.1) is 6.61 Å². The second-order valence-corrected chi connectivity index (χ2v) is 10.4. The van der Waals surface area contributed by atoms with E-state index in [0.717, 1.165) is 31.2 Å². The maximum Gasteiger partial charge on any atom is 0.248 e.